The Kier molecular flexibility index (Phi) is 4.07. The number of nitriles is 1. The second-order valence-electron chi connectivity index (χ2n) is 5.65. The minimum Gasteiger partial charge on any atom is -0.370 e. The second kappa shape index (κ2) is 6.16. The van der Waals surface area contributed by atoms with E-state index in [1.54, 1.807) is 6.07 Å². The van der Waals surface area contributed by atoms with Gasteiger partial charge >= 0.3 is 0 Å². The monoisotopic (exact) mass is 298 g/mol. The maximum absolute atomic E-state index is 11.4. The predicted molar refractivity (Wildman–Crippen MR) is 80.8 cm³/mol. The molecule has 0 aliphatic carbocycles. The van der Waals surface area contributed by atoms with Crippen LogP contribution in [0, 0.1) is 17.2 Å². The Morgan fingerprint density at radius 2 is 2.36 bits per heavy atom. The van der Waals surface area contributed by atoms with E-state index in [9.17, 15) is 4.79 Å². The lowest BCUT2D eigenvalue weighted by Gasteiger charge is -2.37. The molecule has 1 saturated heterocycles. The van der Waals surface area contributed by atoms with Crippen LogP contribution in [0.25, 0.3) is 0 Å². The van der Waals surface area contributed by atoms with E-state index in [2.05, 4.69) is 21.5 Å². The van der Waals surface area contributed by atoms with E-state index in [0.717, 1.165) is 17.9 Å². The molecule has 114 valence electrons. The van der Waals surface area contributed by atoms with E-state index >= 15 is 0 Å². The molecule has 1 fully saturated rings. The Morgan fingerprint density at radius 3 is 3.14 bits per heavy atom. The number of hydrogen-bond acceptors (Lipinski definition) is 5. The van der Waals surface area contributed by atoms with E-state index in [0.29, 0.717) is 25.1 Å². The number of rotatable bonds is 1. The third-order valence-electron chi connectivity index (χ3n) is 4.01. The summed E-state index contributed by atoms with van der Waals surface area (Å²) >= 11 is 0. The molecule has 3 rings (SSSR count). The fourth-order valence-electron chi connectivity index (χ4n) is 2.89. The second-order valence-corrected chi connectivity index (χ2v) is 5.65. The van der Waals surface area contributed by atoms with Gasteiger partial charge in [0.05, 0.1) is 18.2 Å². The first-order chi connectivity index (χ1) is 10.7. The number of nitrogens with zero attached hydrogens (tertiary/aromatic N) is 3. The van der Waals surface area contributed by atoms with Crippen LogP contribution in [0.1, 0.15) is 30.6 Å². The molecule has 0 saturated carbocycles. The van der Waals surface area contributed by atoms with E-state index in [1.807, 2.05) is 25.1 Å². The van der Waals surface area contributed by atoms with Crippen molar-refractivity contribution >= 4 is 11.7 Å². The molecular weight excluding hydrogens is 280 g/mol. The summed E-state index contributed by atoms with van der Waals surface area (Å²) in [6, 6.07) is 9.65. The highest BCUT2D eigenvalue weighted by atomic mass is 16.5. The molecule has 0 spiro atoms. The SMILES string of the molecule is CC1CC(=O)NN=C1N1CCOC(c2cccc(C#N)c2)C1. The largest absolute Gasteiger partial charge is 0.370 e. The molecule has 2 unspecified atom stereocenters. The molecule has 0 aromatic heterocycles. The number of hydrogen-bond donors (Lipinski definition) is 1. The molecule has 1 N–H and O–H groups in total. The minimum absolute atomic E-state index is 0.0391. The number of morpholine rings is 1. The molecular formula is C16H18N4O2. The number of carbonyl (C=O) groups is 1. The Labute approximate surface area is 129 Å². The summed E-state index contributed by atoms with van der Waals surface area (Å²) in [7, 11) is 0. The van der Waals surface area contributed by atoms with Crippen molar-refractivity contribution in [2.75, 3.05) is 19.7 Å². The first-order valence-corrected chi connectivity index (χ1v) is 7.40. The number of amidine groups is 1. The Morgan fingerprint density at radius 1 is 1.50 bits per heavy atom. The standard InChI is InChI=1S/C16H18N4O2/c1-11-7-15(21)18-19-16(11)20-5-6-22-14(10-20)13-4-2-3-12(8-13)9-17/h2-4,8,11,14H,5-7,10H2,1H3,(H,18,21). The highest BCUT2D eigenvalue weighted by Gasteiger charge is 2.30. The Hall–Kier alpha value is -2.39. The maximum Gasteiger partial charge on any atom is 0.240 e. The summed E-state index contributed by atoms with van der Waals surface area (Å²) in [4.78, 5) is 13.5. The molecule has 2 atom stereocenters. The van der Waals surface area contributed by atoms with Crippen LogP contribution in [0.5, 0.6) is 0 Å². The average molecular weight is 298 g/mol. The molecule has 2 heterocycles. The zero-order valence-corrected chi connectivity index (χ0v) is 12.5. The zero-order valence-electron chi connectivity index (χ0n) is 12.5. The van der Waals surface area contributed by atoms with Gasteiger partial charge in [0.15, 0.2) is 0 Å². The summed E-state index contributed by atoms with van der Waals surface area (Å²) < 4.78 is 5.85. The molecule has 0 radical (unpaired) electrons. The van der Waals surface area contributed by atoms with Gasteiger partial charge in [0.25, 0.3) is 0 Å². The fraction of sp³-hybridized carbons (Fsp3) is 0.438. The van der Waals surface area contributed by atoms with Gasteiger partial charge in [0.2, 0.25) is 5.91 Å². The van der Waals surface area contributed by atoms with Crippen molar-refractivity contribution in [3.63, 3.8) is 0 Å². The smallest absolute Gasteiger partial charge is 0.240 e. The summed E-state index contributed by atoms with van der Waals surface area (Å²) in [6.45, 7) is 4.04. The first kappa shape index (κ1) is 14.5. The molecule has 2 aliphatic heterocycles. The van der Waals surface area contributed by atoms with Gasteiger partial charge in [-0.15, -0.1) is 0 Å². The van der Waals surface area contributed by atoms with Crippen molar-refractivity contribution in [2.45, 2.75) is 19.4 Å². The number of carbonyl (C=O) groups excluding carboxylic acids is 1. The zero-order chi connectivity index (χ0) is 15.5. The van der Waals surface area contributed by atoms with Crippen molar-refractivity contribution in [3.8, 4) is 6.07 Å². The van der Waals surface area contributed by atoms with Crippen molar-refractivity contribution in [3.05, 3.63) is 35.4 Å². The van der Waals surface area contributed by atoms with E-state index in [4.69, 9.17) is 10.00 Å². The van der Waals surface area contributed by atoms with Crippen LogP contribution in [-0.2, 0) is 9.53 Å². The van der Waals surface area contributed by atoms with E-state index in [1.165, 1.54) is 0 Å². The Balaban J connectivity index is 1.77. The summed E-state index contributed by atoms with van der Waals surface area (Å²) in [6.07, 6.45) is 0.375. The molecule has 0 bridgehead atoms. The van der Waals surface area contributed by atoms with Crippen molar-refractivity contribution in [1.29, 1.82) is 5.26 Å². The molecule has 1 amide bonds. The lowest BCUT2D eigenvalue weighted by molar-refractivity contribution is -0.122. The number of nitrogens with one attached hydrogen (secondary N) is 1. The molecule has 1 aromatic rings. The van der Waals surface area contributed by atoms with Gasteiger partial charge in [-0.3, -0.25) is 4.79 Å². The number of amides is 1. The van der Waals surface area contributed by atoms with Crippen molar-refractivity contribution in [2.24, 2.45) is 11.0 Å². The van der Waals surface area contributed by atoms with Gasteiger partial charge in [-0.1, -0.05) is 19.1 Å². The van der Waals surface area contributed by atoms with Crippen LogP contribution in [0.15, 0.2) is 29.4 Å². The Bertz CT molecular complexity index is 650. The molecule has 6 heteroatoms. The summed E-state index contributed by atoms with van der Waals surface area (Å²) in [5, 5.41) is 13.2. The first-order valence-electron chi connectivity index (χ1n) is 7.40. The van der Waals surface area contributed by atoms with Crippen LogP contribution in [-0.4, -0.2) is 36.3 Å². The lowest BCUT2D eigenvalue weighted by atomic mass is 10.0. The number of hydrazone groups is 1. The van der Waals surface area contributed by atoms with Crippen LogP contribution >= 0.6 is 0 Å². The molecule has 22 heavy (non-hydrogen) atoms. The van der Waals surface area contributed by atoms with E-state index < -0.39 is 0 Å². The van der Waals surface area contributed by atoms with Gasteiger partial charge < -0.3 is 9.64 Å². The minimum atomic E-state index is -0.0884. The van der Waals surface area contributed by atoms with Gasteiger partial charge in [-0.05, 0) is 17.7 Å². The lowest BCUT2D eigenvalue weighted by Crippen LogP contribution is -2.48. The third kappa shape index (κ3) is 2.95. The third-order valence-corrected chi connectivity index (χ3v) is 4.01. The van der Waals surface area contributed by atoms with Gasteiger partial charge in [0.1, 0.15) is 11.9 Å². The molecule has 2 aliphatic rings. The van der Waals surface area contributed by atoms with Crippen LogP contribution in [0.3, 0.4) is 0 Å². The average Bonchev–Trinajstić information content (AvgIpc) is 2.55. The maximum atomic E-state index is 11.4. The van der Waals surface area contributed by atoms with Crippen LogP contribution in [0.4, 0.5) is 0 Å². The summed E-state index contributed by atoms with van der Waals surface area (Å²) in [5.74, 6) is 0.977. The summed E-state index contributed by atoms with van der Waals surface area (Å²) in [5.41, 5.74) is 4.19. The van der Waals surface area contributed by atoms with Gasteiger partial charge in [-0.25, -0.2) is 5.43 Å². The van der Waals surface area contributed by atoms with Crippen molar-refractivity contribution < 1.29 is 9.53 Å². The highest BCUT2D eigenvalue weighted by molar-refractivity contribution is 5.93. The molecule has 6 nitrogen and oxygen atoms in total. The quantitative estimate of drug-likeness (QED) is 0.850. The normalized spacial score (nSPS) is 25.2. The topological polar surface area (TPSA) is 77.7 Å². The highest BCUT2D eigenvalue weighted by Crippen LogP contribution is 2.25. The van der Waals surface area contributed by atoms with Crippen LogP contribution in [0.2, 0.25) is 0 Å². The van der Waals surface area contributed by atoms with Gasteiger partial charge in [-0.2, -0.15) is 10.4 Å². The number of ether oxygens (including phenoxy) is 1. The van der Waals surface area contributed by atoms with Crippen molar-refractivity contribution in [1.82, 2.24) is 10.3 Å². The van der Waals surface area contributed by atoms with Crippen LogP contribution < -0.4 is 5.43 Å². The number of benzene rings is 1. The molecule has 1 aromatic carbocycles. The fourth-order valence-corrected chi connectivity index (χ4v) is 2.89. The van der Waals surface area contributed by atoms with E-state index in [-0.39, 0.29) is 17.9 Å². The van der Waals surface area contributed by atoms with Gasteiger partial charge in [0, 0.05) is 25.4 Å². The predicted octanol–water partition coefficient (Wildman–Crippen LogP) is 1.40.